The minimum absolute atomic E-state index is 0.0343. The largest absolute Gasteiger partial charge is 0.326 e. The molecule has 1 aliphatic rings. The summed E-state index contributed by atoms with van der Waals surface area (Å²) in [4.78, 5) is 27.2. The molecule has 1 heterocycles. The van der Waals surface area contributed by atoms with Crippen LogP contribution in [0.5, 0.6) is 0 Å². The number of carbonyl (C=O) groups is 2. The molecule has 0 aromatic heterocycles. The van der Waals surface area contributed by atoms with Crippen LogP contribution in [0.25, 0.3) is 0 Å². The number of hydrogen-bond donors (Lipinski definition) is 1. The maximum Gasteiger partial charge on any atom is 0.229 e. The second kappa shape index (κ2) is 8.38. The topological polar surface area (TPSA) is 49.4 Å². The molecule has 1 unspecified atom stereocenters. The molecule has 2 aromatic rings. The SMILES string of the molecule is CCc1ccc(NC(=O)C2CC(=O)N(c3c(CC)cccc3CC)C2)cc1. The smallest absolute Gasteiger partial charge is 0.229 e. The van der Waals surface area contributed by atoms with Crippen LogP contribution in [-0.2, 0) is 28.9 Å². The highest BCUT2D eigenvalue weighted by molar-refractivity contribution is 6.04. The summed E-state index contributed by atoms with van der Waals surface area (Å²) in [7, 11) is 0. The van der Waals surface area contributed by atoms with Crippen molar-refractivity contribution >= 4 is 23.2 Å². The van der Waals surface area contributed by atoms with Gasteiger partial charge >= 0.3 is 0 Å². The molecule has 1 saturated heterocycles. The van der Waals surface area contributed by atoms with Crippen molar-refractivity contribution < 1.29 is 9.59 Å². The van der Waals surface area contributed by atoms with Crippen LogP contribution >= 0.6 is 0 Å². The number of carbonyl (C=O) groups excluding carboxylic acids is 2. The first-order valence-electron chi connectivity index (χ1n) is 9.88. The number of aryl methyl sites for hydroxylation is 3. The van der Waals surface area contributed by atoms with Crippen molar-refractivity contribution in [2.75, 3.05) is 16.8 Å². The van der Waals surface area contributed by atoms with Gasteiger partial charge in [-0.05, 0) is 48.1 Å². The number of anilines is 2. The summed E-state index contributed by atoms with van der Waals surface area (Å²) in [6.45, 7) is 6.75. The van der Waals surface area contributed by atoms with Crippen molar-refractivity contribution in [1.82, 2.24) is 0 Å². The Labute approximate surface area is 161 Å². The molecule has 3 rings (SSSR count). The minimum Gasteiger partial charge on any atom is -0.326 e. The van der Waals surface area contributed by atoms with Crippen LogP contribution in [-0.4, -0.2) is 18.4 Å². The van der Waals surface area contributed by atoms with E-state index in [-0.39, 0.29) is 24.2 Å². The first-order valence-corrected chi connectivity index (χ1v) is 9.88. The Morgan fingerprint density at radius 3 is 2.19 bits per heavy atom. The average molecular weight is 364 g/mol. The summed E-state index contributed by atoms with van der Waals surface area (Å²) in [5.41, 5.74) is 5.36. The molecule has 0 saturated carbocycles. The van der Waals surface area contributed by atoms with Gasteiger partial charge in [0.1, 0.15) is 0 Å². The molecular weight excluding hydrogens is 336 g/mol. The van der Waals surface area contributed by atoms with Gasteiger partial charge in [0.05, 0.1) is 5.92 Å². The number of nitrogens with zero attached hydrogens (tertiary/aromatic N) is 1. The molecule has 1 atom stereocenters. The highest BCUT2D eigenvalue weighted by atomic mass is 16.2. The van der Waals surface area contributed by atoms with Gasteiger partial charge in [0.15, 0.2) is 0 Å². The fourth-order valence-electron chi connectivity index (χ4n) is 3.73. The zero-order valence-electron chi connectivity index (χ0n) is 16.4. The van der Waals surface area contributed by atoms with E-state index in [4.69, 9.17) is 0 Å². The first kappa shape index (κ1) is 19.2. The minimum atomic E-state index is -0.321. The van der Waals surface area contributed by atoms with Gasteiger partial charge in [-0.2, -0.15) is 0 Å². The van der Waals surface area contributed by atoms with E-state index in [1.54, 1.807) is 0 Å². The average Bonchev–Trinajstić information content (AvgIpc) is 3.09. The van der Waals surface area contributed by atoms with E-state index >= 15 is 0 Å². The van der Waals surface area contributed by atoms with E-state index in [9.17, 15) is 9.59 Å². The van der Waals surface area contributed by atoms with Crippen molar-refractivity contribution in [2.24, 2.45) is 5.92 Å². The summed E-state index contributed by atoms with van der Waals surface area (Å²) >= 11 is 0. The predicted molar refractivity (Wildman–Crippen MR) is 110 cm³/mol. The maximum atomic E-state index is 12.7. The summed E-state index contributed by atoms with van der Waals surface area (Å²) in [5, 5.41) is 2.97. The Hall–Kier alpha value is -2.62. The van der Waals surface area contributed by atoms with Gasteiger partial charge in [-0.15, -0.1) is 0 Å². The third-order valence-corrected chi connectivity index (χ3v) is 5.36. The van der Waals surface area contributed by atoms with Crippen molar-refractivity contribution in [3.63, 3.8) is 0 Å². The van der Waals surface area contributed by atoms with Crippen molar-refractivity contribution in [3.8, 4) is 0 Å². The fraction of sp³-hybridized carbons (Fsp3) is 0.391. The third-order valence-electron chi connectivity index (χ3n) is 5.36. The Balaban J connectivity index is 1.76. The monoisotopic (exact) mass is 364 g/mol. The molecule has 1 aliphatic heterocycles. The number of amides is 2. The third kappa shape index (κ3) is 4.05. The van der Waals surface area contributed by atoms with Crippen LogP contribution in [0.1, 0.15) is 43.9 Å². The molecule has 0 aliphatic carbocycles. The summed E-state index contributed by atoms with van der Waals surface area (Å²) < 4.78 is 0. The quantitative estimate of drug-likeness (QED) is 0.828. The molecule has 2 amide bonds. The summed E-state index contributed by atoms with van der Waals surface area (Å²) in [6, 6.07) is 14.1. The number of rotatable bonds is 6. The molecule has 142 valence electrons. The van der Waals surface area contributed by atoms with Crippen LogP contribution < -0.4 is 10.2 Å². The van der Waals surface area contributed by atoms with Gasteiger partial charge in [-0.1, -0.05) is 51.1 Å². The normalized spacial score (nSPS) is 16.6. The van der Waals surface area contributed by atoms with E-state index < -0.39 is 0 Å². The first-order chi connectivity index (χ1) is 13.1. The van der Waals surface area contributed by atoms with Crippen LogP contribution in [0, 0.1) is 5.92 Å². The van der Waals surface area contributed by atoms with Crippen LogP contribution in [0.3, 0.4) is 0 Å². The van der Waals surface area contributed by atoms with E-state index in [2.05, 4.69) is 38.2 Å². The van der Waals surface area contributed by atoms with Crippen molar-refractivity contribution in [2.45, 2.75) is 46.5 Å². The van der Waals surface area contributed by atoms with E-state index in [0.29, 0.717) is 6.54 Å². The van der Waals surface area contributed by atoms with E-state index in [1.165, 1.54) is 16.7 Å². The van der Waals surface area contributed by atoms with Crippen LogP contribution in [0.2, 0.25) is 0 Å². The molecule has 0 spiro atoms. The van der Waals surface area contributed by atoms with Crippen LogP contribution in [0.4, 0.5) is 11.4 Å². The van der Waals surface area contributed by atoms with E-state index in [0.717, 1.165) is 30.6 Å². The summed E-state index contributed by atoms with van der Waals surface area (Å²) in [6.07, 6.45) is 2.97. The van der Waals surface area contributed by atoms with Crippen molar-refractivity contribution in [1.29, 1.82) is 0 Å². The molecule has 4 nitrogen and oxygen atoms in total. The van der Waals surface area contributed by atoms with Gasteiger partial charge in [-0.3, -0.25) is 9.59 Å². The van der Waals surface area contributed by atoms with E-state index in [1.807, 2.05) is 35.2 Å². The zero-order chi connectivity index (χ0) is 19.4. The molecule has 4 heteroatoms. The lowest BCUT2D eigenvalue weighted by Gasteiger charge is -2.23. The lowest BCUT2D eigenvalue weighted by atomic mass is 10.0. The molecular formula is C23H28N2O2. The Morgan fingerprint density at radius 1 is 1.00 bits per heavy atom. The van der Waals surface area contributed by atoms with Gasteiger partial charge in [-0.25, -0.2) is 0 Å². The number of nitrogens with one attached hydrogen (secondary N) is 1. The predicted octanol–water partition coefficient (Wildman–Crippen LogP) is 4.37. The number of para-hydroxylation sites is 1. The molecule has 0 bridgehead atoms. The lowest BCUT2D eigenvalue weighted by molar-refractivity contribution is -0.122. The standard InChI is InChI=1S/C23H28N2O2/c1-4-16-10-12-20(13-11-16)24-23(27)19-14-21(26)25(15-19)22-17(5-2)8-7-9-18(22)6-3/h7-13,19H,4-6,14-15H2,1-3H3,(H,24,27). The molecule has 0 radical (unpaired) electrons. The summed E-state index contributed by atoms with van der Waals surface area (Å²) in [5.74, 6) is -0.368. The highest BCUT2D eigenvalue weighted by Crippen LogP contribution is 2.32. The Kier molecular flexibility index (Phi) is 5.94. The Bertz CT molecular complexity index is 805. The number of benzene rings is 2. The van der Waals surface area contributed by atoms with Gasteiger partial charge in [0.2, 0.25) is 11.8 Å². The molecule has 27 heavy (non-hydrogen) atoms. The second-order valence-electron chi connectivity index (χ2n) is 7.08. The van der Waals surface area contributed by atoms with Crippen molar-refractivity contribution in [3.05, 3.63) is 59.2 Å². The van der Waals surface area contributed by atoms with Crippen LogP contribution in [0.15, 0.2) is 42.5 Å². The Morgan fingerprint density at radius 2 is 1.63 bits per heavy atom. The fourth-order valence-corrected chi connectivity index (χ4v) is 3.73. The van der Waals surface area contributed by atoms with Gasteiger partial charge in [0.25, 0.3) is 0 Å². The lowest BCUT2D eigenvalue weighted by Crippen LogP contribution is -2.29. The molecule has 2 aromatic carbocycles. The molecule has 1 fully saturated rings. The molecule has 1 N–H and O–H groups in total. The maximum absolute atomic E-state index is 12.7. The number of hydrogen-bond acceptors (Lipinski definition) is 2. The zero-order valence-corrected chi connectivity index (χ0v) is 16.4. The highest BCUT2D eigenvalue weighted by Gasteiger charge is 2.36. The van der Waals surface area contributed by atoms with Gasteiger partial charge in [0, 0.05) is 24.3 Å². The second-order valence-corrected chi connectivity index (χ2v) is 7.08. The van der Waals surface area contributed by atoms with Gasteiger partial charge < -0.3 is 10.2 Å².